The van der Waals surface area contributed by atoms with Crippen molar-refractivity contribution in [2.24, 2.45) is 0 Å². The number of halogens is 3. The summed E-state index contributed by atoms with van der Waals surface area (Å²) in [6, 6.07) is 14.7. The van der Waals surface area contributed by atoms with Gasteiger partial charge in [0, 0.05) is 42.0 Å². The SMILES string of the molecule is CO[C@H]1c2c(cc(F)c(Cl)c2-c2c(C#N)ccc(OCCO[C@H]3CCCCO3)c2F)O[C@]1(CNC(=O)OC(C)(C)C)c1ccccc1. The van der Waals surface area contributed by atoms with Crippen LogP contribution in [0.5, 0.6) is 11.5 Å². The highest BCUT2D eigenvalue weighted by molar-refractivity contribution is 6.34. The first-order chi connectivity index (χ1) is 22.5. The predicted octanol–water partition coefficient (Wildman–Crippen LogP) is 7.58. The van der Waals surface area contributed by atoms with Gasteiger partial charge in [-0.25, -0.2) is 13.6 Å². The molecule has 250 valence electrons. The van der Waals surface area contributed by atoms with Gasteiger partial charge in [0.05, 0.1) is 29.8 Å². The molecule has 12 heteroatoms. The standard InChI is InChI=1S/C35H37ClF2N2O7/c1-34(2,3)47-33(41)40-20-35(22-10-6-5-7-11-22)32(42-4)28-25(46-35)18-23(37)30(36)29(28)27-21(19-39)13-14-24(31(27)38)43-16-17-45-26-12-8-9-15-44-26/h5-7,10-11,13-14,18,26,32H,8-9,12,15-17,20H2,1-4H3,(H,40,41)/t26-,32-,35+/m0/s1. The van der Waals surface area contributed by atoms with Gasteiger partial charge in [-0.3, -0.25) is 0 Å². The molecule has 1 amide bonds. The number of ether oxygens (including phenoxy) is 6. The van der Waals surface area contributed by atoms with Crippen molar-refractivity contribution in [2.75, 3.05) is 33.5 Å². The Morgan fingerprint density at radius 1 is 1.13 bits per heavy atom. The van der Waals surface area contributed by atoms with Crippen molar-refractivity contribution in [3.8, 4) is 28.7 Å². The molecule has 1 N–H and O–H groups in total. The molecule has 2 aliphatic rings. The third-order valence-corrected chi connectivity index (χ3v) is 8.22. The molecule has 0 spiro atoms. The highest BCUT2D eigenvalue weighted by Crippen LogP contribution is 2.56. The molecule has 2 heterocycles. The van der Waals surface area contributed by atoms with Gasteiger partial charge < -0.3 is 33.7 Å². The van der Waals surface area contributed by atoms with Crippen LogP contribution in [-0.4, -0.2) is 51.5 Å². The number of methoxy groups -OCH3 is 1. The van der Waals surface area contributed by atoms with Crippen molar-refractivity contribution in [1.29, 1.82) is 5.26 Å². The van der Waals surface area contributed by atoms with E-state index in [0.29, 0.717) is 12.2 Å². The van der Waals surface area contributed by atoms with Gasteiger partial charge in [-0.2, -0.15) is 5.26 Å². The third-order valence-electron chi connectivity index (χ3n) is 7.85. The van der Waals surface area contributed by atoms with Gasteiger partial charge >= 0.3 is 6.09 Å². The van der Waals surface area contributed by atoms with E-state index in [-0.39, 0.29) is 59.8 Å². The number of fused-ring (bicyclic) bond motifs is 1. The quantitative estimate of drug-likeness (QED) is 0.220. The molecule has 1 fully saturated rings. The number of hydrogen-bond donors (Lipinski definition) is 1. The Bertz CT molecular complexity index is 1640. The fourth-order valence-corrected chi connectivity index (χ4v) is 6.11. The summed E-state index contributed by atoms with van der Waals surface area (Å²) in [6.45, 7) is 5.76. The van der Waals surface area contributed by atoms with Crippen LogP contribution in [0.3, 0.4) is 0 Å². The van der Waals surface area contributed by atoms with E-state index >= 15 is 8.78 Å². The third kappa shape index (κ3) is 7.31. The van der Waals surface area contributed by atoms with E-state index in [1.165, 1.54) is 19.2 Å². The zero-order valence-electron chi connectivity index (χ0n) is 26.7. The maximum absolute atomic E-state index is 16.4. The summed E-state index contributed by atoms with van der Waals surface area (Å²) in [5.41, 5.74) is -2.01. The van der Waals surface area contributed by atoms with Crippen molar-refractivity contribution in [3.05, 3.63) is 81.9 Å². The number of carbonyl (C=O) groups is 1. The monoisotopic (exact) mass is 670 g/mol. The van der Waals surface area contributed by atoms with Gasteiger partial charge in [0.15, 0.2) is 23.5 Å². The minimum absolute atomic E-state index is 0.000847. The largest absolute Gasteiger partial charge is 0.488 e. The molecule has 3 aromatic rings. The molecule has 0 aliphatic carbocycles. The van der Waals surface area contributed by atoms with Crippen molar-refractivity contribution in [1.82, 2.24) is 5.32 Å². The second-order valence-electron chi connectivity index (χ2n) is 12.2. The van der Waals surface area contributed by atoms with E-state index in [2.05, 4.69) is 5.32 Å². The minimum atomic E-state index is -1.48. The zero-order chi connectivity index (χ0) is 33.8. The Hall–Kier alpha value is -3.95. The summed E-state index contributed by atoms with van der Waals surface area (Å²) in [6.07, 6.45) is 0.605. The summed E-state index contributed by atoms with van der Waals surface area (Å²) < 4.78 is 67.0. The lowest BCUT2D eigenvalue weighted by Gasteiger charge is -2.35. The second kappa shape index (κ2) is 14.4. The average molecular weight is 671 g/mol. The van der Waals surface area contributed by atoms with Gasteiger partial charge in [0.25, 0.3) is 0 Å². The van der Waals surface area contributed by atoms with Crippen molar-refractivity contribution < 1.29 is 42.0 Å². The number of hydrogen-bond acceptors (Lipinski definition) is 8. The van der Waals surface area contributed by atoms with E-state index in [0.717, 1.165) is 25.3 Å². The Morgan fingerprint density at radius 2 is 1.89 bits per heavy atom. The minimum Gasteiger partial charge on any atom is -0.488 e. The lowest BCUT2D eigenvalue weighted by Crippen LogP contribution is -2.48. The summed E-state index contributed by atoms with van der Waals surface area (Å²) in [5, 5.41) is 12.4. The van der Waals surface area contributed by atoms with Crippen molar-refractivity contribution in [3.63, 3.8) is 0 Å². The first kappa shape index (κ1) is 34.4. The second-order valence-corrected chi connectivity index (χ2v) is 12.6. The van der Waals surface area contributed by atoms with Crippen molar-refractivity contribution in [2.45, 2.75) is 63.6 Å². The van der Waals surface area contributed by atoms with Gasteiger partial charge in [-0.15, -0.1) is 0 Å². The van der Waals surface area contributed by atoms with Crippen LogP contribution < -0.4 is 14.8 Å². The van der Waals surface area contributed by atoms with Gasteiger partial charge in [0.1, 0.15) is 29.9 Å². The fraction of sp³-hybridized carbons (Fsp3) is 0.429. The zero-order valence-corrected chi connectivity index (χ0v) is 27.4. The molecular weight excluding hydrogens is 634 g/mol. The molecule has 1 saturated heterocycles. The Kier molecular flexibility index (Phi) is 10.6. The lowest BCUT2D eigenvalue weighted by molar-refractivity contribution is -0.165. The van der Waals surface area contributed by atoms with E-state index in [1.807, 2.05) is 6.07 Å². The molecule has 47 heavy (non-hydrogen) atoms. The fourth-order valence-electron chi connectivity index (χ4n) is 5.86. The maximum Gasteiger partial charge on any atom is 0.407 e. The van der Waals surface area contributed by atoms with Crippen LogP contribution in [0.15, 0.2) is 48.5 Å². The normalized spacial score (nSPS) is 20.6. The Morgan fingerprint density at radius 3 is 2.55 bits per heavy atom. The van der Waals surface area contributed by atoms with Gasteiger partial charge in [-0.05, 0) is 52.2 Å². The lowest BCUT2D eigenvalue weighted by atomic mass is 9.82. The maximum atomic E-state index is 16.4. The number of nitriles is 1. The Balaban J connectivity index is 1.56. The Labute approximate surface area is 277 Å². The molecule has 0 bridgehead atoms. The molecule has 9 nitrogen and oxygen atoms in total. The van der Waals surface area contributed by atoms with Crippen LogP contribution in [-0.2, 0) is 24.5 Å². The van der Waals surface area contributed by atoms with Crippen LogP contribution >= 0.6 is 11.6 Å². The number of nitrogens with one attached hydrogen (secondary N) is 1. The molecular formula is C35H37ClF2N2O7. The topological polar surface area (TPSA) is 108 Å². The van der Waals surface area contributed by atoms with Gasteiger partial charge in [0.2, 0.25) is 0 Å². The number of alkyl carbamates (subject to hydrolysis) is 1. The molecule has 5 rings (SSSR count). The first-order valence-corrected chi connectivity index (χ1v) is 15.7. The summed E-state index contributed by atoms with van der Waals surface area (Å²) >= 11 is 6.61. The van der Waals surface area contributed by atoms with Crippen LogP contribution in [0, 0.1) is 23.0 Å². The molecule has 0 saturated carbocycles. The highest BCUT2D eigenvalue weighted by atomic mass is 35.5. The smallest absolute Gasteiger partial charge is 0.407 e. The molecule has 0 radical (unpaired) electrons. The van der Waals surface area contributed by atoms with E-state index < -0.39 is 40.1 Å². The number of benzene rings is 3. The van der Waals surface area contributed by atoms with Crippen LogP contribution in [0.1, 0.15) is 62.8 Å². The van der Waals surface area contributed by atoms with E-state index in [1.54, 1.807) is 51.1 Å². The summed E-state index contributed by atoms with van der Waals surface area (Å²) in [7, 11) is 1.41. The average Bonchev–Trinajstić information content (AvgIpc) is 3.37. The number of nitrogens with zero attached hydrogens (tertiary/aromatic N) is 1. The first-order valence-electron chi connectivity index (χ1n) is 15.3. The van der Waals surface area contributed by atoms with Crippen LogP contribution in [0.25, 0.3) is 11.1 Å². The predicted molar refractivity (Wildman–Crippen MR) is 169 cm³/mol. The van der Waals surface area contributed by atoms with E-state index in [9.17, 15) is 10.1 Å². The molecule has 0 aromatic heterocycles. The number of carbonyl (C=O) groups excluding carboxylic acids is 1. The number of amides is 1. The van der Waals surface area contributed by atoms with Crippen LogP contribution in [0.4, 0.5) is 13.6 Å². The molecule has 0 unspecified atom stereocenters. The molecule has 3 atom stereocenters. The summed E-state index contributed by atoms with van der Waals surface area (Å²) in [4.78, 5) is 12.8. The highest BCUT2D eigenvalue weighted by Gasteiger charge is 2.53. The molecule has 2 aliphatic heterocycles. The summed E-state index contributed by atoms with van der Waals surface area (Å²) in [5.74, 6) is -2.02. The van der Waals surface area contributed by atoms with Crippen LogP contribution in [0.2, 0.25) is 5.02 Å². The van der Waals surface area contributed by atoms with E-state index in [4.69, 9.17) is 40.0 Å². The van der Waals surface area contributed by atoms with Gasteiger partial charge in [-0.1, -0.05) is 41.9 Å². The molecule has 3 aromatic carbocycles. The number of rotatable bonds is 10. The van der Waals surface area contributed by atoms with Crippen molar-refractivity contribution >= 4 is 17.7 Å².